The number of carbonyl (C=O) groups excluding carboxylic acids is 1. The van der Waals surface area contributed by atoms with Crippen molar-refractivity contribution in [3.8, 4) is 0 Å². The molecule has 0 atom stereocenters. The van der Waals surface area contributed by atoms with Crippen molar-refractivity contribution in [1.82, 2.24) is 10.2 Å². The molecule has 0 unspecified atom stereocenters. The van der Waals surface area contributed by atoms with Crippen molar-refractivity contribution in [3.63, 3.8) is 0 Å². The Morgan fingerprint density at radius 1 is 1.32 bits per heavy atom. The van der Waals surface area contributed by atoms with Crippen LogP contribution >= 0.6 is 0 Å². The fourth-order valence-electron chi connectivity index (χ4n) is 2.86. The van der Waals surface area contributed by atoms with E-state index in [0.717, 1.165) is 44.6 Å². The molecule has 0 bridgehead atoms. The molecule has 100 valence electrons. The van der Waals surface area contributed by atoms with Gasteiger partial charge in [0, 0.05) is 25.2 Å². The summed E-state index contributed by atoms with van der Waals surface area (Å²) in [5.74, 6) is 0.197. The summed E-state index contributed by atoms with van der Waals surface area (Å²) in [6.45, 7) is 5.60. The van der Waals surface area contributed by atoms with E-state index in [2.05, 4.69) is 24.4 Å². The zero-order chi connectivity index (χ0) is 13.2. The van der Waals surface area contributed by atoms with Crippen LogP contribution in [-0.4, -0.2) is 30.4 Å². The third kappa shape index (κ3) is 2.43. The third-order valence-corrected chi connectivity index (χ3v) is 4.09. The van der Waals surface area contributed by atoms with Crippen molar-refractivity contribution in [1.29, 1.82) is 0 Å². The second-order valence-electron chi connectivity index (χ2n) is 5.42. The van der Waals surface area contributed by atoms with Crippen molar-refractivity contribution in [2.75, 3.05) is 19.6 Å². The van der Waals surface area contributed by atoms with Crippen LogP contribution in [0.3, 0.4) is 0 Å². The monoisotopic (exact) mass is 256 g/mol. The normalized spacial score (nSPS) is 18.8. The largest absolute Gasteiger partial charge is 0.335 e. The molecule has 0 spiro atoms. The van der Waals surface area contributed by atoms with Gasteiger partial charge in [-0.3, -0.25) is 4.79 Å². The van der Waals surface area contributed by atoms with Crippen molar-refractivity contribution >= 4 is 5.91 Å². The maximum atomic E-state index is 12.7. The second kappa shape index (κ2) is 5.17. The molecule has 2 heterocycles. The Balaban J connectivity index is 1.88. The van der Waals surface area contributed by atoms with E-state index in [1.165, 1.54) is 16.7 Å². The van der Waals surface area contributed by atoms with E-state index in [1.807, 2.05) is 17.0 Å². The van der Waals surface area contributed by atoms with Gasteiger partial charge in [-0.1, -0.05) is 23.8 Å². The molecule has 0 fully saturated rings. The first-order valence-electron chi connectivity index (χ1n) is 7.02. The minimum Gasteiger partial charge on any atom is -0.335 e. The first-order valence-corrected chi connectivity index (χ1v) is 7.02. The third-order valence-electron chi connectivity index (χ3n) is 4.09. The lowest BCUT2D eigenvalue weighted by Gasteiger charge is -2.28. The average molecular weight is 256 g/mol. The second-order valence-corrected chi connectivity index (χ2v) is 5.42. The lowest BCUT2D eigenvalue weighted by Crippen LogP contribution is -2.36. The van der Waals surface area contributed by atoms with Crippen LogP contribution in [0, 0.1) is 0 Å². The molecule has 2 aliphatic heterocycles. The molecule has 1 aromatic rings. The molecule has 3 heteroatoms. The predicted octanol–water partition coefficient (Wildman–Crippen LogP) is 2.12. The summed E-state index contributed by atoms with van der Waals surface area (Å²) in [4.78, 5) is 14.6. The smallest absolute Gasteiger partial charge is 0.254 e. The lowest BCUT2D eigenvalue weighted by atomic mass is 9.94. The summed E-state index contributed by atoms with van der Waals surface area (Å²) < 4.78 is 0. The Morgan fingerprint density at radius 2 is 2.21 bits per heavy atom. The molecule has 3 rings (SSSR count). The topological polar surface area (TPSA) is 32.3 Å². The number of hydrogen-bond acceptors (Lipinski definition) is 2. The highest BCUT2D eigenvalue weighted by molar-refractivity contribution is 5.96. The van der Waals surface area contributed by atoms with Gasteiger partial charge in [0.05, 0.1) is 0 Å². The highest BCUT2D eigenvalue weighted by atomic mass is 16.2. The van der Waals surface area contributed by atoms with Crippen molar-refractivity contribution in [2.45, 2.75) is 26.3 Å². The number of hydrogen-bond donors (Lipinski definition) is 1. The van der Waals surface area contributed by atoms with Gasteiger partial charge in [0.15, 0.2) is 0 Å². The molecule has 3 nitrogen and oxygen atoms in total. The van der Waals surface area contributed by atoms with Crippen LogP contribution in [0.15, 0.2) is 29.8 Å². The van der Waals surface area contributed by atoms with Gasteiger partial charge in [0.25, 0.3) is 5.91 Å². The van der Waals surface area contributed by atoms with Crippen LogP contribution < -0.4 is 5.32 Å². The highest BCUT2D eigenvalue weighted by Crippen LogP contribution is 2.21. The minimum absolute atomic E-state index is 0.197. The van der Waals surface area contributed by atoms with Crippen LogP contribution in [-0.2, 0) is 13.0 Å². The van der Waals surface area contributed by atoms with Crippen molar-refractivity contribution < 1.29 is 4.79 Å². The molecular weight excluding hydrogens is 236 g/mol. The summed E-state index contributed by atoms with van der Waals surface area (Å²) in [7, 11) is 0. The van der Waals surface area contributed by atoms with Gasteiger partial charge in [0.2, 0.25) is 0 Å². The molecule has 0 radical (unpaired) electrons. The maximum absolute atomic E-state index is 12.7. The van der Waals surface area contributed by atoms with E-state index in [-0.39, 0.29) is 5.91 Å². The van der Waals surface area contributed by atoms with Gasteiger partial charge in [0.1, 0.15) is 0 Å². The molecule has 0 saturated carbocycles. The molecule has 0 saturated heterocycles. The van der Waals surface area contributed by atoms with Gasteiger partial charge in [-0.25, -0.2) is 0 Å². The van der Waals surface area contributed by atoms with Crippen LogP contribution in [0.2, 0.25) is 0 Å². The SMILES string of the molecule is CC1=CCN(C(=O)c2cccc3c2CCNC3)CC1. The Labute approximate surface area is 114 Å². The zero-order valence-corrected chi connectivity index (χ0v) is 11.4. The van der Waals surface area contributed by atoms with Crippen LogP contribution in [0.25, 0.3) is 0 Å². The van der Waals surface area contributed by atoms with E-state index in [0.29, 0.717) is 0 Å². The van der Waals surface area contributed by atoms with Gasteiger partial charge in [-0.05, 0) is 43.5 Å². The van der Waals surface area contributed by atoms with Crippen LogP contribution in [0.5, 0.6) is 0 Å². The molecule has 1 N–H and O–H groups in total. The van der Waals surface area contributed by atoms with Gasteiger partial charge in [-0.15, -0.1) is 0 Å². The number of nitrogens with zero attached hydrogens (tertiary/aromatic N) is 1. The lowest BCUT2D eigenvalue weighted by molar-refractivity contribution is 0.0767. The maximum Gasteiger partial charge on any atom is 0.254 e. The number of nitrogens with one attached hydrogen (secondary N) is 1. The molecule has 1 aromatic carbocycles. The Hall–Kier alpha value is -1.61. The number of amides is 1. The molecule has 2 aliphatic rings. The summed E-state index contributed by atoms with van der Waals surface area (Å²) in [6, 6.07) is 6.11. The molecule has 1 amide bonds. The minimum atomic E-state index is 0.197. The number of rotatable bonds is 1. The fraction of sp³-hybridized carbons (Fsp3) is 0.438. The number of benzene rings is 1. The van der Waals surface area contributed by atoms with Crippen molar-refractivity contribution in [2.24, 2.45) is 0 Å². The standard InChI is InChI=1S/C16H20N2O/c1-12-6-9-18(10-7-12)16(19)15-4-2-3-13-11-17-8-5-14(13)15/h2-4,6,17H,5,7-11H2,1H3. The average Bonchev–Trinajstić information content (AvgIpc) is 2.47. The van der Waals surface area contributed by atoms with E-state index in [1.54, 1.807) is 0 Å². The van der Waals surface area contributed by atoms with Crippen LogP contribution in [0.1, 0.15) is 34.8 Å². The van der Waals surface area contributed by atoms with Gasteiger partial charge in [-0.2, -0.15) is 0 Å². The van der Waals surface area contributed by atoms with E-state index < -0.39 is 0 Å². The first-order chi connectivity index (χ1) is 9.25. The van der Waals surface area contributed by atoms with E-state index >= 15 is 0 Å². The quantitative estimate of drug-likeness (QED) is 0.781. The Morgan fingerprint density at radius 3 is 3.00 bits per heavy atom. The van der Waals surface area contributed by atoms with E-state index in [9.17, 15) is 4.79 Å². The summed E-state index contributed by atoms with van der Waals surface area (Å²) in [5, 5.41) is 3.36. The zero-order valence-electron chi connectivity index (χ0n) is 11.4. The summed E-state index contributed by atoms with van der Waals surface area (Å²) in [5.41, 5.74) is 4.83. The fourth-order valence-corrected chi connectivity index (χ4v) is 2.86. The first kappa shape index (κ1) is 12.4. The molecular formula is C16H20N2O. The van der Waals surface area contributed by atoms with Crippen LogP contribution in [0.4, 0.5) is 0 Å². The predicted molar refractivity (Wildman–Crippen MR) is 76.1 cm³/mol. The number of fused-ring (bicyclic) bond motifs is 1. The van der Waals surface area contributed by atoms with Gasteiger partial charge < -0.3 is 10.2 Å². The summed E-state index contributed by atoms with van der Waals surface area (Å²) in [6.07, 6.45) is 4.13. The van der Waals surface area contributed by atoms with Crippen molar-refractivity contribution in [3.05, 3.63) is 46.5 Å². The molecule has 0 aromatic heterocycles. The molecule has 19 heavy (non-hydrogen) atoms. The van der Waals surface area contributed by atoms with E-state index in [4.69, 9.17) is 0 Å². The Bertz CT molecular complexity index is 534. The highest BCUT2D eigenvalue weighted by Gasteiger charge is 2.22. The van der Waals surface area contributed by atoms with Gasteiger partial charge >= 0.3 is 0 Å². The summed E-state index contributed by atoms with van der Waals surface area (Å²) >= 11 is 0. The Kier molecular flexibility index (Phi) is 3.38. The molecule has 0 aliphatic carbocycles. The number of carbonyl (C=O) groups is 1.